The molecule has 7 nitrogen and oxygen atoms in total. The summed E-state index contributed by atoms with van der Waals surface area (Å²) >= 11 is 3.35. The summed E-state index contributed by atoms with van der Waals surface area (Å²) in [6.45, 7) is 1.82. The topological polar surface area (TPSA) is 102 Å². The van der Waals surface area contributed by atoms with Gasteiger partial charge in [0.25, 0.3) is 5.91 Å². The van der Waals surface area contributed by atoms with E-state index in [2.05, 4.69) is 21.2 Å². The van der Waals surface area contributed by atoms with Crippen LogP contribution < -0.4 is 10.1 Å². The fourth-order valence-electron chi connectivity index (χ4n) is 2.63. The molecule has 0 saturated carbocycles. The van der Waals surface area contributed by atoms with Crippen LogP contribution in [0.25, 0.3) is 11.6 Å². The van der Waals surface area contributed by atoms with Gasteiger partial charge >= 0.3 is 5.69 Å². The summed E-state index contributed by atoms with van der Waals surface area (Å²) in [5.41, 5.74) is 1.35. The molecular formula is C17H13BrN2O5. The first-order valence-corrected chi connectivity index (χ1v) is 8.17. The Kier molecular flexibility index (Phi) is 4.45. The summed E-state index contributed by atoms with van der Waals surface area (Å²) in [4.78, 5) is 23.1. The number of carbonyl (C=O) groups excluding carboxylic acids is 1. The molecule has 1 heterocycles. The van der Waals surface area contributed by atoms with E-state index in [4.69, 9.17) is 4.74 Å². The SMILES string of the molecule is CCOc1c(O)ccc(/C=C2/C(=O)Nc3ccc(Br)cc32)c1[N+](=O)[O-]. The van der Waals surface area contributed by atoms with Crippen molar-refractivity contribution in [1.82, 2.24) is 0 Å². The second-order valence-electron chi connectivity index (χ2n) is 5.24. The van der Waals surface area contributed by atoms with Crippen molar-refractivity contribution >= 4 is 44.9 Å². The Morgan fingerprint density at radius 3 is 2.80 bits per heavy atom. The summed E-state index contributed by atoms with van der Waals surface area (Å²) in [6, 6.07) is 7.98. The maximum atomic E-state index is 12.3. The number of ether oxygens (including phenoxy) is 1. The number of nitro groups is 1. The molecule has 1 amide bonds. The number of carbonyl (C=O) groups is 1. The predicted molar refractivity (Wildman–Crippen MR) is 96.6 cm³/mol. The molecule has 3 rings (SSSR count). The van der Waals surface area contributed by atoms with E-state index < -0.39 is 4.92 Å². The summed E-state index contributed by atoms with van der Waals surface area (Å²) in [5.74, 6) is -0.891. The maximum Gasteiger partial charge on any atom is 0.322 e. The second kappa shape index (κ2) is 6.56. The Labute approximate surface area is 151 Å². The molecular weight excluding hydrogens is 392 g/mol. The molecule has 0 saturated heterocycles. The number of nitrogens with zero attached hydrogens (tertiary/aromatic N) is 1. The van der Waals surface area contributed by atoms with Gasteiger partial charge in [-0.3, -0.25) is 14.9 Å². The molecule has 0 atom stereocenters. The number of anilines is 1. The van der Waals surface area contributed by atoms with Crippen molar-refractivity contribution in [1.29, 1.82) is 0 Å². The fraction of sp³-hybridized carbons (Fsp3) is 0.118. The van der Waals surface area contributed by atoms with E-state index in [0.29, 0.717) is 16.8 Å². The van der Waals surface area contributed by atoms with Crippen LogP contribution in [-0.4, -0.2) is 22.5 Å². The highest BCUT2D eigenvalue weighted by atomic mass is 79.9. The van der Waals surface area contributed by atoms with Crippen molar-refractivity contribution < 1.29 is 19.6 Å². The highest BCUT2D eigenvalue weighted by Gasteiger charge is 2.28. The van der Waals surface area contributed by atoms with Crippen LogP contribution in [0.2, 0.25) is 0 Å². The normalized spacial score (nSPS) is 14.3. The number of phenolic OH excluding ortho intramolecular Hbond substituents is 1. The number of halogens is 1. The standard InChI is InChI=1S/C17H13BrN2O5/c1-2-25-16-14(21)6-3-9(15(16)20(23)24)7-12-11-8-10(18)4-5-13(11)19-17(12)22/h3-8,21H,2H2,1H3,(H,19,22)/b12-7+. The smallest absolute Gasteiger partial charge is 0.322 e. The van der Waals surface area contributed by atoms with Crippen molar-refractivity contribution in [2.75, 3.05) is 11.9 Å². The van der Waals surface area contributed by atoms with Crippen LogP contribution in [0.5, 0.6) is 11.5 Å². The number of nitrogens with one attached hydrogen (secondary N) is 1. The molecule has 0 aliphatic carbocycles. The Hall–Kier alpha value is -2.87. The molecule has 25 heavy (non-hydrogen) atoms. The number of rotatable bonds is 4. The number of aromatic hydroxyl groups is 1. The third kappa shape index (κ3) is 3.08. The molecule has 128 valence electrons. The molecule has 0 radical (unpaired) electrons. The Bertz CT molecular complexity index is 923. The molecule has 0 fully saturated rings. The lowest BCUT2D eigenvalue weighted by molar-refractivity contribution is -0.386. The van der Waals surface area contributed by atoms with Crippen LogP contribution in [-0.2, 0) is 4.79 Å². The van der Waals surface area contributed by atoms with Gasteiger partial charge in [-0.1, -0.05) is 15.9 Å². The molecule has 1 aliphatic rings. The van der Waals surface area contributed by atoms with Gasteiger partial charge in [-0.25, -0.2) is 0 Å². The van der Waals surface area contributed by atoms with Gasteiger partial charge in [0, 0.05) is 21.3 Å². The minimum Gasteiger partial charge on any atom is -0.504 e. The molecule has 2 aromatic rings. The first kappa shape index (κ1) is 17.0. The molecule has 0 aromatic heterocycles. The van der Waals surface area contributed by atoms with Gasteiger partial charge in [0.05, 0.1) is 17.1 Å². The second-order valence-corrected chi connectivity index (χ2v) is 6.16. The number of hydrogen-bond acceptors (Lipinski definition) is 5. The average Bonchev–Trinajstić information content (AvgIpc) is 2.86. The van der Waals surface area contributed by atoms with Crippen molar-refractivity contribution in [3.8, 4) is 11.5 Å². The van der Waals surface area contributed by atoms with Crippen LogP contribution in [0.4, 0.5) is 11.4 Å². The summed E-state index contributed by atoms with van der Waals surface area (Å²) in [5, 5.41) is 24.1. The Morgan fingerprint density at radius 1 is 1.36 bits per heavy atom. The van der Waals surface area contributed by atoms with Crippen molar-refractivity contribution in [2.24, 2.45) is 0 Å². The lowest BCUT2D eigenvalue weighted by Crippen LogP contribution is -2.04. The van der Waals surface area contributed by atoms with Gasteiger partial charge < -0.3 is 15.2 Å². The van der Waals surface area contributed by atoms with Crippen molar-refractivity contribution in [2.45, 2.75) is 6.92 Å². The highest BCUT2D eigenvalue weighted by Crippen LogP contribution is 2.42. The highest BCUT2D eigenvalue weighted by molar-refractivity contribution is 9.10. The summed E-state index contributed by atoms with van der Waals surface area (Å²) < 4.78 is 6.00. The molecule has 0 spiro atoms. The van der Waals surface area contributed by atoms with Gasteiger partial charge in [0.2, 0.25) is 5.75 Å². The third-order valence-electron chi connectivity index (χ3n) is 3.68. The molecule has 2 aromatic carbocycles. The number of benzene rings is 2. The van der Waals surface area contributed by atoms with Gasteiger partial charge in [-0.15, -0.1) is 0 Å². The Balaban J connectivity index is 2.20. The van der Waals surface area contributed by atoms with E-state index >= 15 is 0 Å². The summed E-state index contributed by atoms with van der Waals surface area (Å²) in [6.07, 6.45) is 1.42. The number of phenols is 1. The molecule has 1 aliphatic heterocycles. The molecule has 8 heteroatoms. The minimum atomic E-state index is -0.633. The molecule has 2 N–H and O–H groups in total. The van der Waals surface area contributed by atoms with Gasteiger partial charge in [-0.05, 0) is 43.3 Å². The Morgan fingerprint density at radius 2 is 2.12 bits per heavy atom. The monoisotopic (exact) mass is 404 g/mol. The lowest BCUT2D eigenvalue weighted by Gasteiger charge is -2.09. The van der Waals surface area contributed by atoms with Crippen LogP contribution in [0.1, 0.15) is 18.1 Å². The largest absolute Gasteiger partial charge is 0.504 e. The van der Waals surface area contributed by atoms with E-state index in [1.54, 1.807) is 25.1 Å². The zero-order valence-corrected chi connectivity index (χ0v) is 14.7. The first-order chi connectivity index (χ1) is 11.9. The van der Waals surface area contributed by atoms with E-state index in [-0.39, 0.29) is 35.3 Å². The number of amides is 1. The van der Waals surface area contributed by atoms with E-state index in [1.807, 2.05) is 0 Å². The van der Waals surface area contributed by atoms with E-state index in [0.717, 1.165) is 4.47 Å². The van der Waals surface area contributed by atoms with Crippen LogP contribution in [0.3, 0.4) is 0 Å². The van der Waals surface area contributed by atoms with Crippen molar-refractivity contribution in [3.05, 3.63) is 56.0 Å². The van der Waals surface area contributed by atoms with Crippen LogP contribution >= 0.6 is 15.9 Å². The first-order valence-electron chi connectivity index (χ1n) is 7.38. The van der Waals surface area contributed by atoms with Crippen LogP contribution in [0, 0.1) is 10.1 Å². The van der Waals surface area contributed by atoms with Crippen molar-refractivity contribution in [3.63, 3.8) is 0 Å². The van der Waals surface area contributed by atoms with Gasteiger partial charge in [-0.2, -0.15) is 0 Å². The van der Waals surface area contributed by atoms with Gasteiger partial charge in [0.1, 0.15) is 0 Å². The zero-order chi connectivity index (χ0) is 18.1. The third-order valence-corrected chi connectivity index (χ3v) is 4.17. The van der Waals surface area contributed by atoms with Gasteiger partial charge in [0.15, 0.2) is 5.75 Å². The quantitative estimate of drug-likeness (QED) is 0.456. The maximum absolute atomic E-state index is 12.3. The molecule has 0 unspecified atom stereocenters. The summed E-state index contributed by atoms with van der Waals surface area (Å²) in [7, 11) is 0. The number of fused-ring (bicyclic) bond motifs is 1. The van der Waals surface area contributed by atoms with Crippen LogP contribution in [0.15, 0.2) is 34.8 Å². The van der Waals surface area contributed by atoms with E-state index in [1.165, 1.54) is 18.2 Å². The number of hydrogen-bond donors (Lipinski definition) is 2. The number of nitro benzene ring substituents is 1. The minimum absolute atomic E-state index is 0.157. The zero-order valence-electron chi connectivity index (χ0n) is 13.1. The molecule has 0 bridgehead atoms. The lowest BCUT2D eigenvalue weighted by atomic mass is 10.0. The predicted octanol–water partition coefficient (Wildman–Crippen LogP) is 3.95. The average molecular weight is 405 g/mol. The fourth-order valence-corrected chi connectivity index (χ4v) is 2.99. The van der Waals surface area contributed by atoms with E-state index in [9.17, 15) is 20.0 Å².